The van der Waals surface area contributed by atoms with Crippen LogP contribution in [0.2, 0.25) is 0 Å². The van der Waals surface area contributed by atoms with Gasteiger partial charge in [-0.3, -0.25) is 0 Å². The Labute approximate surface area is 198 Å². The summed E-state index contributed by atoms with van der Waals surface area (Å²) in [7, 11) is 2.02. The summed E-state index contributed by atoms with van der Waals surface area (Å²) in [6.45, 7) is 3.72. The number of aryl methyl sites for hydroxylation is 2. The third kappa shape index (κ3) is 3.41. The zero-order valence-corrected chi connectivity index (χ0v) is 19.5. The Bertz CT molecular complexity index is 1510. The lowest BCUT2D eigenvalue weighted by Gasteiger charge is -2.22. The molecule has 0 amide bonds. The zero-order valence-electron chi connectivity index (χ0n) is 19.5. The van der Waals surface area contributed by atoms with Crippen molar-refractivity contribution in [1.29, 1.82) is 0 Å². The van der Waals surface area contributed by atoms with Crippen LogP contribution < -0.4 is 4.57 Å². The smallest absolute Gasteiger partial charge is 0.216 e. The molecule has 6 rings (SSSR count). The summed E-state index contributed by atoms with van der Waals surface area (Å²) >= 11 is 0. The number of nitrogens with zero attached hydrogens (tertiary/aromatic N) is 1. The predicted molar refractivity (Wildman–Crippen MR) is 133 cm³/mol. The minimum absolute atomic E-state index is 0.261. The molecule has 0 bridgehead atoms. The summed E-state index contributed by atoms with van der Waals surface area (Å²) in [6, 6.07) is 22.2. The van der Waals surface area contributed by atoms with Gasteiger partial charge in [0.15, 0.2) is 6.20 Å². The summed E-state index contributed by atoms with van der Waals surface area (Å²) in [5.41, 5.74) is 7.72. The van der Waals surface area contributed by atoms with Crippen LogP contribution in [0.3, 0.4) is 0 Å². The number of rotatable bonds is 3. The maximum atomic E-state index is 15.2. The molecule has 1 aliphatic heterocycles. The maximum absolute atomic E-state index is 15.2. The molecular formula is C30H27FNO2+. The molecule has 170 valence electrons. The molecule has 5 aromatic rings. The summed E-state index contributed by atoms with van der Waals surface area (Å²) in [4.78, 5) is 0. The van der Waals surface area contributed by atoms with Crippen LogP contribution in [0.4, 0.5) is 4.39 Å². The molecule has 1 fully saturated rings. The fraction of sp³-hybridized carbons (Fsp3) is 0.233. The van der Waals surface area contributed by atoms with Crippen LogP contribution in [0.15, 0.2) is 77.3 Å². The average molecular weight is 453 g/mol. The molecular weight excluding hydrogens is 425 g/mol. The SMILES string of the molecule is Cc1ccc2c(oc3c(-c4ccc(C5CCOCC5)cc4)ccc(F)c32)c1-c1cccc[n+]1C. The number of fused-ring (bicyclic) bond motifs is 3. The minimum Gasteiger partial charge on any atom is -0.454 e. The molecule has 4 heteroatoms. The number of halogens is 1. The van der Waals surface area contributed by atoms with E-state index in [0.717, 1.165) is 65.0 Å². The number of benzene rings is 3. The van der Waals surface area contributed by atoms with Gasteiger partial charge in [-0.2, -0.15) is 0 Å². The number of hydrogen-bond donors (Lipinski definition) is 0. The van der Waals surface area contributed by atoms with Gasteiger partial charge in [-0.25, -0.2) is 8.96 Å². The Morgan fingerprint density at radius 1 is 0.882 bits per heavy atom. The van der Waals surface area contributed by atoms with Crippen LogP contribution in [0.1, 0.15) is 29.9 Å². The molecule has 0 unspecified atom stereocenters. The second kappa shape index (κ2) is 8.37. The van der Waals surface area contributed by atoms with Crippen molar-refractivity contribution >= 4 is 21.9 Å². The first-order chi connectivity index (χ1) is 16.6. The van der Waals surface area contributed by atoms with Crippen molar-refractivity contribution in [2.45, 2.75) is 25.7 Å². The molecule has 0 aliphatic carbocycles. The predicted octanol–water partition coefficient (Wildman–Crippen LogP) is 7.09. The lowest BCUT2D eigenvalue weighted by molar-refractivity contribution is -0.660. The highest BCUT2D eigenvalue weighted by atomic mass is 19.1. The van der Waals surface area contributed by atoms with Crippen molar-refractivity contribution in [3.8, 4) is 22.4 Å². The zero-order chi connectivity index (χ0) is 23.2. The number of furan rings is 1. The first kappa shape index (κ1) is 21.1. The van der Waals surface area contributed by atoms with Crippen LogP contribution in [0.5, 0.6) is 0 Å². The van der Waals surface area contributed by atoms with Crippen molar-refractivity contribution in [2.24, 2.45) is 7.05 Å². The van der Waals surface area contributed by atoms with Crippen LogP contribution in [-0.2, 0) is 11.8 Å². The molecule has 0 atom stereocenters. The van der Waals surface area contributed by atoms with E-state index in [1.165, 1.54) is 5.56 Å². The van der Waals surface area contributed by atoms with E-state index in [4.69, 9.17) is 9.15 Å². The summed E-state index contributed by atoms with van der Waals surface area (Å²) < 4.78 is 29.3. The topological polar surface area (TPSA) is 26.2 Å². The number of aromatic nitrogens is 1. The standard InChI is InChI=1S/C30H27FNO2/c1-19-6-11-24-28-25(31)13-12-23(22-9-7-20(8-10-22)21-14-17-33-18-15-21)29(28)34-30(24)27(19)26-5-3-4-16-32(26)2/h3-13,16,21H,14-15,17-18H2,1-2H3/q+1. The molecule has 3 nitrogen and oxygen atoms in total. The average Bonchev–Trinajstić information content (AvgIpc) is 3.26. The lowest BCUT2D eigenvalue weighted by atomic mass is 9.90. The normalized spacial score (nSPS) is 14.8. The molecule has 0 radical (unpaired) electrons. The molecule has 3 heterocycles. The molecule has 1 aliphatic rings. The Morgan fingerprint density at radius 3 is 2.44 bits per heavy atom. The van der Waals surface area contributed by atoms with E-state index >= 15 is 4.39 Å². The quantitative estimate of drug-likeness (QED) is 0.273. The lowest BCUT2D eigenvalue weighted by Crippen LogP contribution is -2.30. The largest absolute Gasteiger partial charge is 0.454 e. The highest BCUT2D eigenvalue weighted by Gasteiger charge is 2.23. The second-order valence-electron chi connectivity index (χ2n) is 9.24. The third-order valence-electron chi connectivity index (χ3n) is 7.17. The Morgan fingerprint density at radius 2 is 1.68 bits per heavy atom. The number of pyridine rings is 1. The second-order valence-corrected chi connectivity index (χ2v) is 9.24. The van der Waals surface area contributed by atoms with Gasteiger partial charge in [-0.15, -0.1) is 0 Å². The molecule has 3 aromatic carbocycles. The van der Waals surface area contributed by atoms with E-state index in [-0.39, 0.29) is 5.82 Å². The summed E-state index contributed by atoms with van der Waals surface area (Å²) in [6.07, 6.45) is 4.13. The van der Waals surface area contributed by atoms with Gasteiger partial charge in [0, 0.05) is 36.3 Å². The number of ether oxygens (including phenoxy) is 1. The van der Waals surface area contributed by atoms with E-state index < -0.39 is 0 Å². The van der Waals surface area contributed by atoms with E-state index in [0.29, 0.717) is 16.9 Å². The fourth-order valence-electron chi connectivity index (χ4n) is 5.30. The van der Waals surface area contributed by atoms with Crippen LogP contribution in [0.25, 0.3) is 44.3 Å². The van der Waals surface area contributed by atoms with E-state index in [1.54, 1.807) is 6.07 Å². The summed E-state index contributed by atoms with van der Waals surface area (Å²) in [5.74, 6) is 0.281. The maximum Gasteiger partial charge on any atom is 0.216 e. The molecule has 0 N–H and O–H groups in total. The van der Waals surface area contributed by atoms with Gasteiger partial charge in [0.2, 0.25) is 5.69 Å². The third-order valence-corrected chi connectivity index (χ3v) is 7.17. The van der Waals surface area contributed by atoms with Gasteiger partial charge in [0.05, 0.1) is 10.9 Å². The van der Waals surface area contributed by atoms with Crippen molar-refractivity contribution in [1.82, 2.24) is 0 Å². The first-order valence-electron chi connectivity index (χ1n) is 11.9. The summed E-state index contributed by atoms with van der Waals surface area (Å²) in [5, 5.41) is 1.35. The van der Waals surface area contributed by atoms with Gasteiger partial charge in [-0.05, 0) is 60.6 Å². The Balaban J connectivity index is 1.54. The minimum atomic E-state index is -0.261. The highest BCUT2D eigenvalue weighted by Crippen LogP contribution is 2.42. The van der Waals surface area contributed by atoms with Crippen molar-refractivity contribution in [2.75, 3.05) is 13.2 Å². The number of hydrogen-bond acceptors (Lipinski definition) is 2. The van der Waals surface area contributed by atoms with Crippen LogP contribution >= 0.6 is 0 Å². The molecule has 0 saturated carbocycles. The van der Waals surface area contributed by atoms with Crippen molar-refractivity contribution in [3.63, 3.8) is 0 Å². The van der Waals surface area contributed by atoms with Gasteiger partial charge < -0.3 is 9.15 Å². The Kier molecular flexibility index (Phi) is 5.19. The van der Waals surface area contributed by atoms with Gasteiger partial charge in [-0.1, -0.05) is 36.4 Å². The van der Waals surface area contributed by atoms with Crippen molar-refractivity contribution < 1.29 is 18.1 Å². The molecule has 1 saturated heterocycles. The first-order valence-corrected chi connectivity index (χ1v) is 11.9. The monoisotopic (exact) mass is 452 g/mol. The molecule has 0 spiro atoms. The van der Waals surface area contributed by atoms with E-state index in [2.05, 4.69) is 47.9 Å². The fourth-order valence-corrected chi connectivity index (χ4v) is 5.30. The highest BCUT2D eigenvalue weighted by molar-refractivity contribution is 6.13. The molecule has 34 heavy (non-hydrogen) atoms. The van der Waals surface area contributed by atoms with Gasteiger partial charge >= 0.3 is 0 Å². The molecule has 2 aromatic heterocycles. The van der Waals surface area contributed by atoms with E-state index in [1.807, 2.05) is 37.5 Å². The van der Waals surface area contributed by atoms with Crippen LogP contribution in [-0.4, -0.2) is 13.2 Å². The van der Waals surface area contributed by atoms with Gasteiger partial charge in [0.1, 0.15) is 24.0 Å². The van der Waals surface area contributed by atoms with E-state index in [9.17, 15) is 0 Å². The van der Waals surface area contributed by atoms with Gasteiger partial charge in [0.25, 0.3) is 0 Å². The Hall–Kier alpha value is -3.50. The van der Waals surface area contributed by atoms with Crippen molar-refractivity contribution in [3.05, 3.63) is 89.9 Å². The van der Waals surface area contributed by atoms with Crippen LogP contribution in [0, 0.1) is 12.7 Å².